The zero-order chi connectivity index (χ0) is 13.7. The molecular formula is C14H18ClN3S. The summed E-state index contributed by atoms with van der Waals surface area (Å²) in [6, 6.07) is 8.18. The normalized spacial score (nSPS) is 12.6. The Labute approximate surface area is 123 Å². The fourth-order valence-corrected chi connectivity index (χ4v) is 3.24. The number of hydrogen-bond acceptors (Lipinski definition) is 3. The van der Waals surface area contributed by atoms with Gasteiger partial charge in [0.1, 0.15) is 5.82 Å². The number of nitrogens with one attached hydrogen (secondary N) is 1. The topological polar surface area (TPSA) is 29.9 Å². The summed E-state index contributed by atoms with van der Waals surface area (Å²) in [5.41, 5.74) is 0. The molecule has 1 atom stereocenters. The molecule has 0 amide bonds. The molecule has 3 nitrogen and oxygen atoms in total. The maximum atomic E-state index is 6.00. The Hall–Kier alpha value is -0.970. The third kappa shape index (κ3) is 3.75. The van der Waals surface area contributed by atoms with Crippen LogP contribution in [0.15, 0.2) is 41.6 Å². The quantitative estimate of drug-likeness (QED) is 0.826. The van der Waals surface area contributed by atoms with Gasteiger partial charge in [-0.25, -0.2) is 4.98 Å². The van der Waals surface area contributed by atoms with E-state index in [1.54, 1.807) is 11.8 Å². The van der Waals surface area contributed by atoms with E-state index in [0.29, 0.717) is 0 Å². The summed E-state index contributed by atoms with van der Waals surface area (Å²) >= 11 is 7.78. The van der Waals surface area contributed by atoms with Gasteiger partial charge in [-0.05, 0) is 32.2 Å². The van der Waals surface area contributed by atoms with Crippen molar-refractivity contribution in [3.8, 4) is 0 Å². The van der Waals surface area contributed by atoms with E-state index in [9.17, 15) is 0 Å². The van der Waals surface area contributed by atoms with E-state index < -0.39 is 0 Å². The molecule has 2 rings (SSSR count). The minimum atomic E-state index is 0.235. The number of thioether (sulfide) groups is 1. The molecule has 0 aliphatic rings. The molecule has 0 saturated heterocycles. The molecule has 1 aromatic heterocycles. The smallest absolute Gasteiger partial charge is 0.126 e. The fraction of sp³-hybridized carbons (Fsp3) is 0.357. The Balaban J connectivity index is 2.04. The summed E-state index contributed by atoms with van der Waals surface area (Å²) in [6.45, 7) is 3.07. The molecular weight excluding hydrogens is 278 g/mol. The highest BCUT2D eigenvalue weighted by Gasteiger charge is 2.14. The van der Waals surface area contributed by atoms with Gasteiger partial charge in [0.25, 0.3) is 0 Å². The molecule has 0 radical (unpaired) electrons. The van der Waals surface area contributed by atoms with Crippen LogP contribution in [0, 0.1) is 0 Å². The number of aromatic nitrogens is 2. The van der Waals surface area contributed by atoms with Crippen molar-refractivity contribution in [3.63, 3.8) is 0 Å². The minimum absolute atomic E-state index is 0.235. The van der Waals surface area contributed by atoms with Crippen molar-refractivity contribution in [2.45, 2.75) is 24.4 Å². The van der Waals surface area contributed by atoms with Gasteiger partial charge in [-0.2, -0.15) is 0 Å². The van der Waals surface area contributed by atoms with Crippen LogP contribution in [0.5, 0.6) is 0 Å². The Kier molecular flexibility index (Phi) is 5.31. The monoisotopic (exact) mass is 295 g/mol. The summed E-state index contributed by atoms with van der Waals surface area (Å²) in [4.78, 5) is 5.63. The first kappa shape index (κ1) is 14.4. The zero-order valence-electron chi connectivity index (χ0n) is 11.1. The van der Waals surface area contributed by atoms with Crippen LogP contribution in [0.1, 0.15) is 18.8 Å². The lowest BCUT2D eigenvalue weighted by Gasteiger charge is -2.16. The summed E-state index contributed by atoms with van der Waals surface area (Å²) in [6.07, 6.45) is 3.87. The number of aryl methyl sites for hydroxylation is 1. The van der Waals surface area contributed by atoms with Crippen LogP contribution >= 0.6 is 23.4 Å². The maximum absolute atomic E-state index is 6.00. The van der Waals surface area contributed by atoms with Crippen molar-refractivity contribution >= 4 is 23.4 Å². The van der Waals surface area contributed by atoms with E-state index in [1.165, 1.54) is 4.90 Å². The standard InChI is InChI=1S/C14H18ClN3S/c1-3-18-8-7-17-14(18)13(16-2)10-19-12-6-4-5-11(15)9-12/h4-9,13,16H,3,10H2,1-2H3. The Morgan fingerprint density at radius 3 is 3.00 bits per heavy atom. The van der Waals surface area contributed by atoms with Gasteiger partial charge in [0.2, 0.25) is 0 Å². The molecule has 19 heavy (non-hydrogen) atoms. The molecule has 1 aromatic carbocycles. The molecule has 0 spiro atoms. The largest absolute Gasteiger partial charge is 0.334 e. The number of benzene rings is 1. The van der Waals surface area contributed by atoms with E-state index >= 15 is 0 Å². The molecule has 0 fully saturated rings. The third-order valence-corrected chi connectivity index (χ3v) is 4.28. The van der Waals surface area contributed by atoms with Gasteiger partial charge in [-0.3, -0.25) is 0 Å². The average Bonchev–Trinajstić information content (AvgIpc) is 2.88. The van der Waals surface area contributed by atoms with E-state index in [-0.39, 0.29) is 6.04 Å². The lowest BCUT2D eigenvalue weighted by atomic mass is 10.3. The van der Waals surface area contributed by atoms with Crippen LogP contribution < -0.4 is 5.32 Å². The number of imidazole rings is 1. The van der Waals surface area contributed by atoms with E-state index in [0.717, 1.165) is 23.1 Å². The molecule has 0 aliphatic heterocycles. The summed E-state index contributed by atoms with van der Waals surface area (Å²) < 4.78 is 2.17. The highest BCUT2D eigenvalue weighted by atomic mass is 35.5. The lowest BCUT2D eigenvalue weighted by molar-refractivity contribution is 0.570. The molecule has 1 heterocycles. The van der Waals surface area contributed by atoms with Gasteiger partial charge in [0.05, 0.1) is 6.04 Å². The summed E-state index contributed by atoms with van der Waals surface area (Å²) in [5, 5.41) is 4.11. The number of hydrogen-bond donors (Lipinski definition) is 1. The maximum Gasteiger partial charge on any atom is 0.126 e. The molecule has 2 aromatic rings. The van der Waals surface area contributed by atoms with E-state index in [1.807, 2.05) is 37.6 Å². The molecule has 0 aliphatic carbocycles. The SMILES string of the molecule is CCn1ccnc1C(CSc1cccc(Cl)c1)NC. The van der Waals surface area contributed by atoms with Gasteiger partial charge in [0.15, 0.2) is 0 Å². The zero-order valence-corrected chi connectivity index (χ0v) is 12.7. The second kappa shape index (κ2) is 6.98. The minimum Gasteiger partial charge on any atom is -0.334 e. The molecule has 1 unspecified atom stereocenters. The Morgan fingerprint density at radius 2 is 2.32 bits per heavy atom. The van der Waals surface area contributed by atoms with Crippen LogP contribution in [-0.4, -0.2) is 22.4 Å². The first-order valence-corrected chi connectivity index (χ1v) is 7.67. The molecule has 1 N–H and O–H groups in total. The summed E-state index contributed by atoms with van der Waals surface area (Å²) in [7, 11) is 1.97. The Bertz CT molecular complexity index is 527. The Morgan fingerprint density at radius 1 is 1.47 bits per heavy atom. The highest BCUT2D eigenvalue weighted by Crippen LogP contribution is 2.26. The van der Waals surface area contributed by atoms with Crippen LogP contribution in [0.2, 0.25) is 5.02 Å². The summed E-state index contributed by atoms with van der Waals surface area (Å²) in [5.74, 6) is 2.01. The third-order valence-electron chi connectivity index (χ3n) is 2.96. The second-order valence-corrected chi connectivity index (χ2v) is 5.71. The first-order chi connectivity index (χ1) is 9.24. The van der Waals surface area contributed by atoms with Crippen molar-refractivity contribution in [2.75, 3.05) is 12.8 Å². The van der Waals surface area contributed by atoms with Crippen LogP contribution in [0.25, 0.3) is 0 Å². The van der Waals surface area contributed by atoms with Crippen molar-refractivity contribution < 1.29 is 0 Å². The second-order valence-electron chi connectivity index (χ2n) is 4.18. The lowest BCUT2D eigenvalue weighted by Crippen LogP contribution is -2.22. The number of nitrogens with zero attached hydrogens (tertiary/aromatic N) is 2. The van der Waals surface area contributed by atoms with Crippen LogP contribution in [0.3, 0.4) is 0 Å². The number of halogens is 1. The fourth-order valence-electron chi connectivity index (χ4n) is 1.92. The van der Waals surface area contributed by atoms with Gasteiger partial charge < -0.3 is 9.88 Å². The van der Waals surface area contributed by atoms with Crippen molar-refractivity contribution in [2.24, 2.45) is 0 Å². The van der Waals surface area contributed by atoms with Gasteiger partial charge in [0, 0.05) is 34.6 Å². The average molecular weight is 296 g/mol. The highest BCUT2D eigenvalue weighted by molar-refractivity contribution is 7.99. The van der Waals surface area contributed by atoms with Crippen molar-refractivity contribution in [1.29, 1.82) is 0 Å². The first-order valence-electron chi connectivity index (χ1n) is 6.31. The van der Waals surface area contributed by atoms with Gasteiger partial charge in [-0.15, -0.1) is 11.8 Å². The predicted molar refractivity (Wildman–Crippen MR) is 81.9 cm³/mol. The van der Waals surface area contributed by atoms with E-state index in [2.05, 4.69) is 27.9 Å². The predicted octanol–water partition coefficient (Wildman–Crippen LogP) is 3.61. The molecule has 0 saturated carbocycles. The van der Waals surface area contributed by atoms with Crippen molar-refractivity contribution in [1.82, 2.24) is 14.9 Å². The van der Waals surface area contributed by atoms with Crippen molar-refractivity contribution in [3.05, 3.63) is 47.5 Å². The van der Waals surface area contributed by atoms with Gasteiger partial charge >= 0.3 is 0 Å². The molecule has 102 valence electrons. The number of rotatable bonds is 6. The van der Waals surface area contributed by atoms with Crippen LogP contribution in [-0.2, 0) is 6.54 Å². The van der Waals surface area contributed by atoms with E-state index in [4.69, 9.17) is 11.6 Å². The molecule has 0 bridgehead atoms. The van der Waals surface area contributed by atoms with Crippen LogP contribution in [0.4, 0.5) is 0 Å². The molecule has 5 heteroatoms. The van der Waals surface area contributed by atoms with Gasteiger partial charge in [-0.1, -0.05) is 17.7 Å².